The maximum atomic E-state index is 13.4. The highest BCUT2D eigenvalue weighted by atomic mass is 19.1. The molecule has 0 aliphatic heterocycles. The van der Waals surface area contributed by atoms with Gasteiger partial charge in [0.05, 0.1) is 6.20 Å². The Balaban J connectivity index is 2.71. The van der Waals surface area contributed by atoms with Crippen molar-refractivity contribution < 1.29 is 4.39 Å². The van der Waals surface area contributed by atoms with Crippen LogP contribution in [-0.2, 0) is 0 Å². The van der Waals surface area contributed by atoms with Crippen LogP contribution in [0.1, 0.15) is 6.92 Å². The minimum Gasteiger partial charge on any atom is -0.364 e. The molecule has 1 heterocycles. The maximum absolute atomic E-state index is 13.4. The molecule has 90 valence electrons. The predicted octanol–water partition coefficient (Wildman–Crippen LogP) is 1.02. The molecule has 0 aromatic carbocycles. The summed E-state index contributed by atoms with van der Waals surface area (Å²) in [5.41, 5.74) is 0. The summed E-state index contributed by atoms with van der Waals surface area (Å²) in [6.45, 7) is 2.78. The van der Waals surface area contributed by atoms with E-state index in [1.54, 1.807) is 7.05 Å². The molecule has 1 atom stereocenters. The Morgan fingerprint density at radius 1 is 1.50 bits per heavy atom. The molecule has 0 fully saturated rings. The fraction of sp³-hybridized carbons (Fsp3) is 0.600. The van der Waals surface area contributed by atoms with Gasteiger partial charge in [-0.15, -0.1) is 0 Å². The normalized spacial score (nSPS) is 12.6. The zero-order valence-electron chi connectivity index (χ0n) is 10.1. The number of anilines is 2. The third kappa shape index (κ3) is 3.62. The fourth-order valence-electron chi connectivity index (χ4n) is 1.42. The Bertz CT molecular complexity index is 342. The summed E-state index contributed by atoms with van der Waals surface area (Å²) in [7, 11) is 5.63. The number of nitrogens with zero attached hydrogens (tertiary/aromatic N) is 3. The lowest BCUT2D eigenvalue weighted by molar-refractivity contribution is 0.391. The van der Waals surface area contributed by atoms with Gasteiger partial charge in [-0.05, 0) is 21.0 Å². The van der Waals surface area contributed by atoms with E-state index in [0.717, 1.165) is 12.7 Å². The van der Waals surface area contributed by atoms with Crippen LogP contribution in [0.4, 0.5) is 16.2 Å². The Morgan fingerprint density at radius 3 is 2.75 bits per heavy atom. The first-order valence-corrected chi connectivity index (χ1v) is 5.14. The Morgan fingerprint density at radius 2 is 2.19 bits per heavy atom. The molecular weight excluding hydrogens is 209 g/mol. The SMILES string of the molecule is CNc1ncc(F)c(NC(C)CN(C)C)n1. The molecule has 5 nitrogen and oxygen atoms in total. The molecule has 0 radical (unpaired) electrons. The van der Waals surface area contributed by atoms with E-state index in [1.807, 2.05) is 25.9 Å². The Labute approximate surface area is 95.1 Å². The van der Waals surface area contributed by atoms with E-state index in [1.165, 1.54) is 0 Å². The molecule has 16 heavy (non-hydrogen) atoms. The molecule has 1 aromatic rings. The predicted molar refractivity (Wildman–Crippen MR) is 63.2 cm³/mol. The van der Waals surface area contributed by atoms with Crippen LogP contribution in [-0.4, -0.2) is 48.6 Å². The molecule has 0 amide bonds. The van der Waals surface area contributed by atoms with Crippen LogP contribution in [0.25, 0.3) is 0 Å². The largest absolute Gasteiger partial charge is 0.364 e. The topological polar surface area (TPSA) is 53.1 Å². The third-order valence-corrected chi connectivity index (χ3v) is 1.99. The Kier molecular flexibility index (Phi) is 4.42. The van der Waals surface area contributed by atoms with Gasteiger partial charge in [-0.1, -0.05) is 0 Å². The summed E-state index contributed by atoms with van der Waals surface area (Å²) >= 11 is 0. The first-order valence-electron chi connectivity index (χ1n) is 5.14. The van der Waals surface area contributed by atoms with Gasteiger partial charge in [0.1, 0.15) is 0 Å². The minimum absolute atomic E-state index is 0.115. The second-order valence-electron chi connectivity index (χ2n) is 3.95. The van der Waals surface area contributed by atoms with Gasteiger partial charge in [-0.2, -0.15) is 4.98 Å². The van der Waals surface area contributed by atoms with Crippen LogP contribution in [0.2, 0.25) is 0 Å². The molecule has 6 heteroatoms. The van der Waals surface area contributed by atoms with Gasteiger partial charge < -0.3 is 15.5 Å². The number of halogens is 1. The van der Waals surface area contributed by atoms with Crippen molar-refractivity contribution in [3.8, 4) is 0 Å². The molecule has 1 unspecified atom stereocenters. The van der Waals surface area contributed by atoms with Gasteiger partial charge in [-0.25, -0.2) is 9.37 Å². The molecule has 0 saturated heterocycles. The lowest BCUT2D eigenvalue weighted by Crippen LogP contribution is -2.30. The van der Waals surface area contributed by atoms with Crippen molar-refractivity contribution in [2.24, 2.45) is 0 Å². The van der Waals surface area contributed by atoms with Gasteiger partial charge in [0.25, 0.3) is 0 Å². The van der Waals surface area contributed by atoms with Crippen molar-refractivity contribution in [2.75, 3.05) is 38.3 Å². The number of rotatable bonds is 5. The van der Waals surface area contributed by atoms with Crippen molar-refractivity contribution in [1.82, 2.24) is 14.9 Å². The van der Waals surface area contributed by atoms with E-state index in [9.17, 15) is 4.39 Å². The minimum atomic E-state index is -0.440. The van der Waals surface area contributed by atoms with Gasteiger partial charge in [0.15, 0.2) is 11.6 Å². The molecule has 2 N–H and O–H groups in total. The van der Waals surface area contributed by atoms with E-state index < -0.39 is 5.82 Å². The Hall–Kier alpha value is -1.43. The summed E-state index contributed by atoms with van der Waals surface area (Å²) in [5, 5.41) is 5.78. The van der Waals surface area contributed by atoms with Crippen molar-refractivity contribution in [3.05, 3.63) is 12.0 Å². The second-order valence-corrected chi connectivity index (χ2v) is 3.95. The van der Waals surface area contributed by atoms with Crippen molar-refractivity contribution in [3.63, 3.8) is 0 Å². The zero-order chi connectivity index (χ0) is 12.1. The van der Waals surface area contributed by atoms with Crippen LogP contribution >= 0.6 is 0 Å². The summed E-state index contributed by atoms with van der Waals surface area (Å²) in [5.74, 6) is 0.194. The standard InChI is InChI=1S/C10H18FN5/c1-7(6-16(3)4)14-9-8(11)5-13-10(12-2)15-9/h5,7H,6H2,1-4H3,(H2,12,13,14,15). The monoisotopic (exact) mass is 227 g/mol. The van der Waals surface area contributed by atoms with Crippen LogP contribution in [0.5, 0.6) is 0 Å². The molecule has 0 spiro atoms. The van der Waals surface area contributed by atoms with E-state index in [4.69, 9.17) is 0 Å². The highest BCUT2D eigenvalue weighted by molar-refractivity contribution is 5.41. The molecule has 0 aliphatic carbocycles. The van der Waals surface area contributed by atoms with Crippen molar-refractivity contribution >= 4 is 11.8 Å². The highest BCUT2D eigenvalue weighted by Gasteiger charge is 2.10. The molecule has 0 bridgehead atoms. The van der Waals surface area contributed by atoms with Gasteiger partial charge in [0.2, 0.25) is 5.95 Å². The maximum Gasteiger partial charge on any atom is 0.224 e. The molecule has 0 saturated carbocycles. The van der Waals surface area contributed by atoms with Crippen LogP contribution in [0, 0.1) is 5.82 Å². The summed E-state index contributed by atoms with van der Waals surface area (Å²) in [6.07, 6.45) is 1.16. The quantitative estimate of drug-likeness (QED) is 0.786. The lowest BCUT2D eigenvalue weighted by Gasteiger charge is -2.19. The van der Waals surface area contributed by atoms with Crippen LogP contribution < -0.4 is 10.6 Å². The van der Waals surface area contributed by atoms with E-state index in [-0.39, 0.29) is 11.9 Å². The number of aromatic nitrogens is 2. The second kappa shape index (κ2) is 5.60. The fourth-order valence-corrected chi connectivity index (χ4v) is 1.42. The average molecular weight is 227 g/mol. The molecule has 0 aliphatic rings. The lowest BCUT2D eigenvalue weighted by atomic mass is 10.3. The molecule has 1 rings (SSSR count). The number of hydrogen-bond donors (Lipinski definition) is 2. The van der Waals surface area contributed by atoms with E-state index in [2.05, 4.69) is 20.6 Å². The van der Waals surface area contributed by atoms with Gasteiger partial charge in [-0.3, -0.25) is 0 Å². The van der Waals surface area contributed by atoms with E-state index >= 15 is 0 Å². The van der Waals surface area contributed by atoms with Gasteiger partial charge >= 0.3 is 0 Å². The highest BCUT2D eigenvalue weighted by Crippen LogP contribution is 2.12. The number of likely N-dealkylation sites (N-methyl/N-ethyl adjacent to an activating group) is 1. The summed E-state index contributed by atoms with van der Waals surface area (Å²) in [4.78, 5) is 9.81. The first kappa shape index (κ1) is 12.6. The smallest absolute Gasteiger partial charge is 0.224 e. The molecule has 1 aromatic heterocycles. The van der Waals surface area contributed by atoms with Crippen molar-refractivity contribution in [1.29, 1.82) is 0 Å². The number of hydrogen-bond acceptors (Lipinski definition) is 5. The summed E-state index contributed by atoms with van der Waals surface area (Å²) in [6, 6.07) is 0.115. The van der Waals surface area contributed by atoms with Crippen molar-refractivity contribution in [2.45, 2.75) is 13.0 Å². The van der Waals surface area contributed by atoms with Crippen LogP contribution in [0.15, 0.2) is 6.20 Å². The average Bonchev–Trinajstić information content (AvgIpc) is 2.20. The van der Waals surface area contributed by atoms with Crippen LogP contribution in [0.3, 0.4) is 0 Å². The summed E-state index contributed by atoms with van der Waals surface area (Å²) < 4.78 is 13.4. The zero-order valence-corrected chi connectivity index (χ0v) is 10.1. The number of nitrogens with one attached hydrogen (secondary N) is 2. The molecular formula is C10H18FN5. The first-order chi connectivity index (χ1) is 7.52. The third-order valence-electron chi connectivity index (χ3n) is 1.99. The van der Waals surface area contributed by atoms with E-state index in [0.29, 0.717) is 5.95 Å². The van der Waals surface area contributed by atoms with Gasteiger partial charge in [0, 0.05) is 19.6 Å².